The number of fused-ring (bicyclic) bond motifs is 6. The standard InChI is InChI=1S/C49H36N2O/c1-49(2)42-24-13-25-45-48(42)51(47-41-23-10-9-14-33(41)27-29-46(47)52-45)44-28-26-37(32-43(44)49)35-16-11-15-34(30-35)36-17-12-22-40(31-36)50(38-18-5-3-6-19-38)39-20-7-4-8-21-39/h3-32H,1-2H3. The van der Waals surface area contributed by atoms with Crippen molar-refractivity contribution in [2.75, 3.05) is 9.80 Å². The molecule has 0 unspecified atom stereocenters. The first-order valence-electron chi connectivity index (χ1n) is 17.9. The van der Waals surface area contributed by atoms with Crippen LogP contribution in [0.5, 0.6) is 11.5 Å². The van der Waals surface area contributed by atoms with Crippen LogP contribution in [0.3, 0.4) is 0 Å². The molecule has 8 aromatic rings. The maximum Gasteiger partial charge on any atom is 0.152 e. The summed E-state index contributed by atoms with van der Waals surface area (Å²) >= 11 is 0. The number of anilines is 6. The number of ether oxygens (including phenoxy) is 1. The molecule has 2 heterocycles. The second-order valence-electron chi connectivity index (χ2n) is 14.2. The van der Waals surface area contributed by atoms with E-state index in [1.54, 1.807) is 0 Å². The van der Waals surface area contributed by atoms with Crippen molar-refractivity contribution in [2.24, 2.45) is 0 Å². The Bertz CT molecular complexity index is 2600. The summed E-state index contributed by atoms with van der Waals surface area (Å²) in [5.74, 6) is 1.78. The highest BCUT2D eigenvalue weighted by Crippen LogP contribution is 2.61. The summed E-state index contributed by atoms with van der Waals surface area (Å²) in [5, 5.41) is 2.38. The van der Waals surface area contributed by atoms with E-state index in [1.807, 2.05) is 0 Å². The van der Waals surface area contributed by atoms with Gasteiger partial charge < -0.3 is 14.5 Å². The molecule has 3 heteroatoms. The Hall–Kier alpha value is -6.58. The lowest BCUT2D eigenvalue weighted by Gasteiger charge is -2.45. The van der Waals surface area contributed by atoms with Crippen molar-refractivity contribution in [3.05, 3.63) is 193 Å². The normalized spacial score (nSPS) is 13.5. The van der Waals surface area contributed by atoms with Crippen molar-refractivity contribution in [1.29, 1.82) is 0 Å². The van der Waals surface area contributed by atoms with Gasteiger partial charge in [-0.05, 0) is 105 Å². The third-order valence-electron chi connectivity index (χ3n) is 10.8. The molecule has 248 valence electrons. The molecule has 0 atom stereocenters. The molecule has 0 aliphatic carbocycles. The number of hydrogen-bond donors (Lipinski definition) is 0. The molecule has 2 aliphatic heterocycles. The Morgan fingerprint density at radius 3 is 1.79 bits per heavy atom. The van der Waals surface area contributed by atoms with E-state index in [2.05, 4.69) is 206 Å². The fourth-order valence-corrected chi connectivity index (χ4v) is 8.22. The van der Waals surface area contributed by atoms with Crippen molar-refractivity contribution in [2.45, 2.75) is 19.3 Å². The Morgan fingerprint density at radius 2 is 1.04 bits per heavy atom. The van der Waals surface area contributed by atoms with Crippen LogP contribution in [0.4, 0.5) is 34.1 Å². The van der Waals surface area contributed by atoms with Crippen LogP contribution >= 0.6 is 0 Å². The van der Waals surface area contributed by atoms with Crippen LogP contribution in [-0.4, -0.2) is 0 Å². The van der Waals surface area contributed by atoms with Gasteiger partial charge in [-0.2, -0.15) is 0 Å². The fraction of sp³-hybridized carbons (Fsp3) is 0.0612. The number of nitrogens with zero attached hydrogens (tertiary/aromatic N) is 2. The molecule has 0 amide bonds. The summed E-state index contributed by atoms with van der Waals surface area (Å²) in [5.41, 5.74) is 13.9. The maximum absolute atomic E-state index is 6.62. The third kappa shape index (κ3) is 4.74. The van der Waals surface area contributed by atoms with Crippen molar-refractivity contribution in [1.82, 2.24) is 0 Å². The Morgan fingerprint density at radius 1 is 0.442 bits per heavy atom. The first kappa shape index (κ1) is 30.3. The summed E-state index contributed by atoms with van der Waals surface area (Å²) in [6.45, 7) is 4.68. The highest BCUT2D eigenvalue weighted by molar-refractivity contribution is 6.06. The summed E-state index contributed by atoms with van der Waals surface area (Å²) in [7, 11) is 0. The van der Waals surface area contributed by atoms with Crippen LogP contribution in [0.1, 0.15) is 25.0 Å². The van der Waals surface area contributed by atoms with Gasteiger partial charge in [-0.3, -0.25) is 0 Å². The van der Waals surface area contributed by atoms with E-state index in [0.29, 0.717) is 0 Å². The van der Waals surface area contributed by atoms with Gasteiger partial charge in [0, 0.05) is 27.9 Å². The van der Waals surface area contributed by atoms with Gasteiger partial charge in [0.2, 0.25) is 0 Å². The lowest BCUT2D eigenvalue weighted by Crippen LogP contribution is -2.32. The zero-order valence-electron chi connectivity index (χ0n) is 29.1. The third-order valence-corrected chi connectivity index (χ3v) is 10.8. The molecule has 0 radical (unpaired) electrons. The average Bonchev–Trinajstić information content (AvgIpc) is 3.20. The van der Waals surface area contributed by atoms with Gasteiger partial charge in [-0.25, -0.2) is 0 Å². The van der Waals surface area contributed by atoms with E-state index in [-0.39, 0.29) is 5.41 Å². The second-order valence-corrected chi connectivity index (χ2v) is 14.2. The van der Waals surface area contributed by atoms with Gasteiger partial charge >= 0.3 is 0 Å². The van der Waals surface area contributed by atoms with E-state index in [0.717, 1.165) is 39.9 Å². The van der Waals surface area contributed by atoms with Gasteiger partial charge in [-0.1, -0.05) is 129 Å². The first-order chi connectivity index (χ1) is 25.5. The lowest BCUT2D eigenvalue weighted by molar-refractivity contribution is 0.472. The van der Waals surface area contributed by atoms with Crippen LogP contribution < -0.4 is 14.5 Å². The maximum atomic E-state index is 6.62. The zero-order valence-corrected chi connectivity index (χ0v) is 29.1. The molecule has 0 bridgehead atoms. The van der Waals surface area contributed by atoms with Crippen LogP contribution in [-0.2, 0) is 5.41 Å². The lowest BCUT2D eigenvalue weighted by atomic mass is 9.72. The average molecular weight is 669 g/mol. The number of benzene rings is 8. The SMILES string of the molecule is CC1(C)c2cc(-c3cccc(-c4cccc(N(c5ccccc5)c5ccccc5)c4)c3)ccc2N2c3c(cccc31)Oc1ccc3ccccc3c12. The largest absolute Gasteiger partial charge is 0.453 e. The Balaban J connectivity index is 1.08. The summed E-state index contributed by atoms with van der Waals surface area (Å²) in [6, 6.07) is 65.3. The molecule has 0 saturated heterocycles. The quantitative estimate of drug-likeness (QED) is 0.182. The molecule has 0 aromatic heterocycles. The second kappa shape index (κ2) is 11.8. The first-order valence-corrected chi connectivity index (χ1v) is 17.9. The topological polar surface area (TPSA) is 15.7 Å². The van der Waals surface area contributed by atoms with Gasteiger partial charge in [-0.15, -0.1) is 0 Å². The molecule has 0 fully saturated rings. The van der Waals surface area contributed by atoms with E-state index in [9.17, 15) is 0 Å². The van der Waals surface area contributed by atoms with Gasteiger partial charge in [0.1, 0.15) is 0 Å². The number of rotatable bonds is 5. The van der Waals surface area contributed by atoms with Gasteiger partial charge in [0.05, 0.1) is 17.1 Å². The molecule has 8 aromatic carbocycles. The monoisotopic (exact) mass is 668 g/mol. The molecule has 2 aliphatic rings. The highest BCUT2D eigenvalue weighted by atomic mass is 16.5. The number of hydrogen-bond acceptors (Lipinski definition) is 3. The van der Waals surface area contributed by atoms with E-state index in [4.69, 9.17) is 4.74 Å². The molecular formula is C49H36N2O. The van der Waals surface area contributed by atoms with E-state index < -0.39 is 0 Å². The molecule has 0 spiro atoms. The smallest absolute Gasteiger partial charge is 0.152 e. The van der Waals surface area contributed by atoms with E-state index in [1.165, 1.54) is 49.8 Å². The predicted octanol–water partition coefficient (Wildman–Crippen LogP) is 13.9. The number of para-hydroxylation sites is 3. The molecule has 0 N–H and O–H groups in total. The van der Waals surface area contributed by atoms with Crippen LogP contribution in [0, 0.1) is 0 Å². The van der Waals surface area contributed by atoms with E-state index >= 15 is 0 Å². The molecule has 3 nitrogen and oxygen atoms in total. The minimum atomic E-state index is -0.247. The van der Waals surface area contributed by atoms with Crippen molar-refractivity contribution in [3.63, 3.8) is 0 Å². The molecular weight excluding hydrogens is 633 g/mol. The summed E-state index contributed by atoms with van der Waals surface area (Å²) in [6.07, 6.45) is 0. The van der Waals surface area contributed by atoms with Crippen molar-refractivity contribution >= 4 is 44.9 Å². The molecule has 0 saturated carbocycles. The van der Waals surface area contributed by atoms with Crippen molar-refractivity contribution < 1.29 is 4.74 Å². The van der Waals surface area contributed by atoms with Gasteiger partial charge in [0.15, 0.2) is 11.5 Å². The van der Waals surface area contributed by atoms with Gasteiger partial charge in [0.25, 0.3) is 0 Å². The van der Waals surface area contributed by atoms with Crippen molar-refractivity contribution in [3.8, 4) is 33.8 Å². The predicted molar refractivity (Wildman–Crippen MR) is 216 cm³/mol. The summed E-state index contributed by atoms with van der Waals surface area (Å²) in [4.78, 5) is 4.76. The molecule has 10 rings (SSSR count). The fourth-order valence-electron chi connectivity index (χ4n) is 8.22. The Kier molecular flexibility index (Phi) is 6.84. The van der Waals surface area contributed by atoms with Crippen LogP contribution in [0.25, 0.3) is 33.0 Å². The van der Waals surface area contributed by atoms with Crippen LogP contribution in [0.15, 0.2) is 182 Å². The van der Waals surface area contributed by atoms with Crippen LogP contribution in [0.2, 0.25) is 0 Å². The minimum Gasteiger partial charge on any atom is -0.453 e. The summed E-state index contributed by atoms with van der Waals surface area (Å²) < 4.78 is 6.62. The minimum absolute atomic E-state index is 0.247. The molecule has 52 heavy (non-hydrogen) atoms. The highest BCUT2D eigenvalue weighted by Gasteiger charge is 2.42. The zero-order chi connectivity index (χ0) is 34.8. The Labute approximate surface area is 304 Å².